The zero-order chi connectivity index (χ0) is 8.65. The Balaban J connectivity index is 2.70. The average molecular weight is 219 g/mol. The second-order valence-electron chi connectivity index (χ2n) is 3.85. The fraction of sp³-hybridized carbons (Fsp3) is 0.750. The average Bonchev–Trinajstić information content (AvgIpc) is 2.11. The van der Waals surface area contributed by atoms with Crippen molar-refractivity contribution in [2.45, 2.75) is 39.4 Å². The van der Waals surface area contributed by atoms with Crippen molar-refractivity contribution in [2.75, 3.05) is 0 Å². The molecule has 1 aliphatic rings. The van der Waals surface area contributed by atoms with Gasteiger partial charge in [0, 0.05) is 17.9 Å². The maximum absolute atomic E-state index is 3.44. The Morgan fingerprint density at radius 2 is 1.82 bits per heavy atom. The van der Waals surface area contributed by atoms with Crippen LogP contribution in [0.15, 0.2) is 12.4 Å². The second kappa shape index (κ2) is 2.70. The standard InChI is InChI=1S/C8H15BrN2/c1-7-10(8(2,3)4)5-6-11(7)9/h5-7H,1-4H3. The molecule has 0 radical (unpaired) electrons. The third-order valence-corrected chi connectivity index (χ3v) is 2.73. The molecule has 0 amide bonds. The van der Waals surface area contributed by atoms with Gasteiger partial charge in [-0.3, -0.25) is 3.93 Å². The minimum Gasteiger partial charge on any atom is -0.351 e. The van der Waals surface area contributed by atoms with Gasteiger partial charge in [-0.25, -0.2) is 0 Å². The Morgan fingerprint density at radius 1 is 1.27 bits per heavy atom. The first kappa shape index (κ1) is 8.91. The first-order valence-electron chi connectivity index (χ1n) is 3.84. The van der Waals surface area contributed by atoms with Crippen LogP contribution < -0.4 is 0 Å². The largest absolute Gasteiger partial charge is 0.351 e. The molecule has 0 aliphatic carbocycles. The summed E-state index contributed by atoms with van der Waals surface area (Å²) >= 11 is 3.44. The lowest BCUT2D eigenvalue weighted by molar-refractivity contribution is 0.133. The SMILES string of the molecule is CC1N(Br)C=CN1C(C)(C)C. The molecular weight excluding hydrogens is 204 g/mol. The van der Waals surface area contributed by atoms with E-state index in [9.17, 15) is 0 Å². The third kappa shape index (κ3) is 1.70. The summed E-state index contributed by atoms with van der Waals surface area (Å²) < 4.78 is 2.03. The summed E-state index contributed by atoms with van der Waals surface area (Å²) in [4.78, 5) is 2.31. The maximum Gasteiger partial charge on any atom is 0.109 e. The zero-order valence-electron chi connectivity index (χ0n) is 7.50. The number of hydrogen-bond donors (Lipinski definition) is 0. The molecule has 1 atom stereocenters. The van der Waals surface area contributed by atoms with E-state index in [0.29, 0.717) is 6.17 Å². The predicted octanol–water partition coefficient (Wildman–Crippen LogP) is 2.53. The molecule has 2 nitrogen and oxygen atoms in total. The van der Waals surface area contributed by atoms with Crippen molar-refractivity contribution in [1.82, 2.24) is 8.83 Å². The molecule has 0 aromatic carbocycles. The van der Waals surface area contributed by atoms with E-state index in [1.807, 2.05) is 10.1 Å². The van der Waals surface area contributed by atoms with E-state index < -0.39 is 0 Å². The molecule has 3 heteroatoms. The van der Waals surface area contributed by atoms with Crippen molar-refractivity contribution >= 4 is 16.1 Å². The summed E-state index contributed by atoms with van der Waals surface area (Å²) in [5.74, 6) is 0. The zero-order valence-corrected chi connectivity index (χ0v) is 9.09. The van der Waals surface area contributed by atoms with Gasteiger partial charge in [-0.05, 0) is 27.7 Å². The Kier molecular flexibility index (Phi) is 2.19. The minimum absolute atomic E-state index is 0.207. The Morgan fingerprint density at radius 3 is 2.00 bits per heavy atom. The Hall–Kier alpha value is -0.180. The highest BCUT2D eigenvalue weighted by Crippen LogP contribution is 2.26. The van der Waals surface area contributed by atoms with Crippen LogP contribution in [0.3, 0.4) is 0 Å². The van der Waals surface area contributed by atoms with Gasteiger partial charge in [0.15, 0.2) is 0 Å². The first-order valence-corrected chi connectivity index (χ1v) is 4.55. The van der Waals surface area contributed by atoms with Crippen LogP contribution in [0.5, 0.6) is 0 Å². The summed E-state index contributed by atoms with van der Waals surface area (Å²) in [5, 5.41) is 0. The van der Waals surface area contributed by atoms with Crippen LogP contribution in [0.1, 0.15) is 27.7 Å². The summed E-state index contributed by atoms with van der Waals surface area (Å²) in [5.41, 5.74) is 0.207. The van der Waals surface area contributed by atoms with Crippen LogP contribution in [0.25, 0.3) is 0 Å². The lowest BCUT2D eigenvalue weighted by Crippen LogP contribution is -2.43. The fourth-order valence-corrected chi connectivity index (χ4v) is 1.59. The quantitative estimate of drug-likeness (QED) is 0.577. The van der Waals surface area contributed by atoms with Crippen LogP contribution in [-0.2, 0) is 0 Å². The molecule has 0 aromatic rings. The van der Waals surface area contributed by atoms with Gasteiger partial charge < -0.3 is 4.90 Å². The van der Waals surface area contributed by atoms with Crippen LogP contribution in [0.2, 0.25) is 0 Å². The van der Waals surface area contributed by atoms with Gasteiger partial charge in [0.25, 0.3) is 0 Å². The van der Waals surface area contributed by atoms with E-state index in [-0.39, 0.29) is 5.54 Å². The molecule has 11 heavy (non-hydrogen) atoms. The number of hydrogen-bond acceptors (Lipinski definition) is 2. The molecule has 0 bridgehead atoms. The molecule has 0 fully saturated rings. The molecule has 1 unspecified atom stereocenters. The monoisotopic (exact) mass is 218 g/mol. The molecule has 0 spiro atoms. The molecular formula is C8H15BrN2. The second-order valence-corrected chi connectivity index (χ2v) is 4.67. The molecule has 0 saturated carbocycles. The topological polar surface area (TPSA) is 6.48 Å². The van der Waals surface area contributed by atoms with Crippen molar-refractivity contribution in [3.8, 4) is 0 Å². The van der Waals surface area contributed by atoms with Crippen LogP contribution >= 0.6 is 16.1 Å². The van der Waals surface area contributed by atoms with Crippen molar-refractivity contribution in [3.63, 3.8) is 0 Å². The van der Waals surface area contributed by atoms with E-state index in [0.717, 1.165) is 0 Å². The molecule has 1 heterocycles. The van der Waals surface area contributed by atoms with Crippen LogP contribution in [-0.4, -0.2) is 20.5 Å². The molecule has 1 aliphatic heterocycles. The predicted molar refractivity (Wildman–Crippen MR) is 51.0 cm³/mol. The highest BCUT2D eigenvalue weighted by Gasteiger charge is 2.28. The lowest BCUT2D eigenvalue weighted by atomic mass is 10.1. The highest BCUT2D eigenvalue weighted by molar-refractivity contribution is 9.07. The molecule has 0 aromatic heterocycles. The fourth-order valence-electron chi connectivity index (χ4n) is 1.29. The van der Waals surface area contributed by atoms with Crippen molar-refractivity contribution in [3.05, 3.63) is 12.4 Å². The maximum atomic E-state index is 3.44. The number of rotatable bonds is 0. The first-order chi connectivity index (χ1) is 4.93. The van der Waals surface area contributed by atoms with Gasteiger partial charge in [0.1, 0.15) is 6.17 Å². The smallest absolute Gasteiger partial charge is 0.109 e. The van der Waals surface area contributed by atoms with E-state index in [1.54, 1.807) is 0 Å². The molecule has 1 rings (SSSR count). The molecule has 0 saturated heterocycles. The summed E-state index contributed by atoms with van der Waals surface area (Å²) in [6, 6.07) is 0. The molecule has 0 N–H and O–H groups in total. The van der Waals surface area contributed by atoms with Gasteiger partial charge in [0.05, 0.1) is 16.1 Å². The van der Waals surface area contributed by atoms with Crippen LogP contribution in [0, 0.1) is 0 Å². The summed E-state index contributed by atoms with van der Waals surface area (Å²) in [6.45, 7) is 8.79. The van der Waals surface area contributed by atoms with Gasteiger partial charge in [0.2, 0.25) is 0 Å². The van der Waals surface area contributed by atoms with Gasteiger partial charge >= 0.3 is 0 Å². The van der Waals surface area contributed by atoms with E-state index >= 15 is 0 Å². The number of nitrogens with zero attached hydrogens (tertiary/aromatic N) is 2. The number of halogens is 1. The minimum atomic E-state index is 0.207. The summed E-state index contributed by atoms with van der Waals surface area (Å²) in [6.07, 6.45) is 4.56. The lowest BCUT2D eigenvalue weighted by Gasteiger charge is -2.37. The van der Waals surface area contributed by atoms with Crippen molar-refractivity contribution in [2.24, 2.45) is 0 Å². The van der Waals surface area contributed by atoms with Gasteiger partial charge in [-0.1, -0.05) is 0 Å². The Bertz CT molecular complexity index is 171. The van der Waals surface area contributed by atoms with Gasteiger partial charge in [-0.15, -0.1) is 0 Å². The third-order valence-electron chi connectivity index (χ3n) is 1.90. The van der Waals surface area contributed by atoms with Crippen molar-refractivity contribution < 1.29 is 0 Å². The van der Waals surface area contributed by atoms with E-state index in [2.05, 4.69) is 54.9 Å². The van der Waals surface area contributed by atoms with Crippen LogP contribution in [0.4, 0.5) is 0 Å². The van der Waals surface area contributed by atoms with E-state index in [1.165, 1.54) is 0 Å². The van der Waals surface area contributed by atoms with Gasteiger partial charge in [-0.2, -0.15) is 0 Å². The Labute approximate surface area is 77.2 Å². The van der Waals surface area contributed by atoms with Crippen molar-refractivity contribution in [1.29, 1.82) is 0 Å². The van der Waals surface area contributed by atoms with E-state index in [4.69, 9.17) is 0 Å². The molecule has 64 valence electrons. The summed E-state index contributed by atoms with van der Waals surface area (Å²) in [7, 11) is 0. The normalized spacial score (nSPS) is 25.0. The highest BCUT2D eigenvalue weighted by atomic mass is 79.9.